The van der Waals surface area contributed by atoms with Crippen molar-refractivity contribution in [3.05, 3.63) is 0 Å². The Labute approximate surface area is 211 Å². The van der Waals surface area contributed by atoms with Crippen LogP contribution < -0.4 is 0 Å². The second-order valence-electron chi connectivity index (χ2n) is 10.1. The van der Waals surface area contributed by atoms with Crippen LogP contribution in [0.15, 0.2) is 0 Å². The van der Waals surface area contributed by atoms with Crippen molar-refractivity contribution in [3.8, 4) is 11.8 Å². The Morgan fingerprint density at radius 1 is 0.471 bits per heavy atom. The SMILES string of the molecule is C(#CCCCCCCCCCOC1CCCCO1)CCCCCCCCCOC1CCCCO1. The van der Waals surface area contributed by atoms with Gasteiger partial charge in [0.1, 0.15) is 0 Å². The average Bonchev–Trinajstić information content (AvgIpc) is 2.88. The first kappa shape index (κ1) is 29.6. The summed E-state index contributed by atoms with van der Waals surface area (Å²) >= 11 is 0. The molecule has 2 atom stereocenters. The molecule has 2 heterocycles. The minimum atomic E-state index is 0.0811. The molecule has 2 aliphatic heterocycles. The van der Waals surface area contributed by atoms with Gasteiger partial charge in [0.2, 0.25) is 0 Å². The van der Waals surface area contributed by atoms with Crippen molar-refractivity contribution >= 4 is 0 Å². The van der Waals surface area contributed by atoms with Crippen molar-refractivity contribution < 1.29 is 18.9 Å². The Morgan fingerprint density at radius 3 is 1.24 bits per heavy atom. The Kier molecular flexibility index (Phi) is 19.9. The topological polar surface area (TPSA) is 36.9 Å². The van der Waals surface area contributed by atoms with Crippen molar-refractivity contribution in [1.29, 1.82) is 0 Å². The Morgan fingerprint density at radius 2 is 0.853 bits per heavy atom. The van der Waals surface area contributed by atoms with Crippen molar-refractivity contribution in [2.24, 2.45) is 0 Å². The number of hydrogen-bond donors (Lipinski definition) is 0. The Bertz CT molecular complexity index is 444. The van der Waals surface area contributed by atoms with E-state index in [1.165, 1.54) is 116 Å². The molecule has 2 rings (SSSR count). The van der Waals surface area contributed by atoms with Crippen LogP contribution in [0.2, 0.25) is 0 Å². The standard InChI is InChI=1S/C30H54O4/c1(3-5-7-9-11-13-15-19-25-31-29-23-17-21-27-33-29)2-4-6-8-10-12-14-16-20-26-32-30-24-18-22-28-34-30/h29-30H,3-28H2. The lowest BCUT2D eigenvalue weighted by Crippen LogP contribution is -2.22. The average molecular weight is 479 g/mol. The van der Waals surface area contributed by atoms with Gasteiger partial charge in [-0.2, -0.15) is 0 Å². The molecule has 0 bridgehead atoms. The molecule has 0 saturated carbocycles. The fourth-order valence-electron chi connectivity index (χ4n) is 4.69. The van der Waals surface area contributed by atoms with Crippen LogP contribution in [0.4, 0.5) is 0 Å². The molecular weight excluding hydrogens is 424 g/mol. The van der Waals surface area contributed by atoms with Crippen molar-refractivity contribution in [1.82, 2.24) is 0 Å². The summed E-state index contributed by atoms with van der Waals surface area (Å²) < 4.78 is 22.8. The maximum absolute atomic E-state index is 5.79. The van der Waals surface area contributed by atoms with Crippen LogP contribution in [-0.4, -0.2) is 39.0 Å². The largest absolute Gasteiger partial charge is 0.353 e. The van der Waals surface area contributed by atoms with E-state index in [9.17, 15) is 0 Å². The highest BCUT2D eigenvalue weighted by atomic mass is 16.7. The van der Waals surface area contributed by atoms with Crippen LogP contribution in [0.5, 0.6) is 0 Å². The van der Waals surface area contributed by atoms with Gasteiger partial charge < -0.3 is 18.9 Å². The second-order valence-corrected chi connectivity index (χ2v) is 10.1. The zero-order valence-electron chi connectivity index (χ0n) is 22.2. The number of rotatable bonds is 20. The lowest BCUT2D eigenvalue weighted by molar-refractivity contribution is -0.163. The third-order valence-corrected chi connectivity index (χ3v) is 6.90. The van der Waals surface area contributed by atoms with Crippen LogP contribution >= 0.6 is 0 Å². The van der Waals surface area contributed by atoms with Gasteiger partial charge >= 0.3 is 0 Å². The first-order chi connectivity index (χ1) is 16.9. The summed E-state index contributed by atoms with van der Waals surface area (Å²) in [7, 11) is 0. The minimum Gasteiger partial charge on any atom is -0.353 e. The molecule has 0 aliphatic carbocycles. The van der Waals surface area contributed by atoms with E-state index in [4.69, 9.17) is 18.9 Å². The van der Waals surface area contributed by atoms with Gasteiger partial charge in [0, 0.05) is 39.3 Å². The van der Waals surface area contributed by atoms with Gasteiger partial charge in [0.05, 0.1) is 0 Å². The molecule has 0 N–H and O–H groups in total. The highest BCUT2D eigenvalue weighted by molar-refractivity contribution is 4.98. The molecule has 4 nitrogen and oxygen atoms in total. The van der Waals surface area contributed by atoms with E-state index >= 15 is 0 Å². The maximum Gasteiger partial charge on any atom is 0.157 e. The highest BCUT2D eigenvalue weighted by Gasteiger charge is 2.14. The van der Waals surface area contributed by atoms with Crippen molar-refractivity contribution in [3.63, 3.8) is 0 Å². The van der Waals surface area contributed by atoms with Gasteiger partial charge in [-0.15, -0.1) is 11.8 Å². The molecule has 34 heavy (non-hydrogen) atoms. The van der Waals surface area contributed by atoms with Crippen LogP contribution in [-0.2, 0) is 18.9 Å². The summed E-state index contributed by atoms with van der Waals surface area (Å²) in [5, 5.41) is 0. The summed E-state index contributed by atoms with van der Waals surface area (Å²) in [6.45, 7) is 3.49. The van der Waals surface area contributed by atoms with Crippen LogP contribution in [0.3, 0.4) is 0 Å². The monoisotopic (exact) mass is 478 g/mol. The molecule has 2 aliphatic rings. The molecular formula is C30H54O4. The van der Waals surface area contributed by atoms with Crippen molar-refractivity contribution in [2.45, 2.75) is 154 Å². The fourth-order valence-corrected chi connectivity index (χ4v) is 4.69. The first-order valence-corrected chi connectivity index (χ1v) is 14.9. The molecule has 2 saturated heterocycles. The Hall–Kier alpha value is -0.600. The third kappa shape index (κ3) is 17.8. The summed E-state index contributed by atoms with van der Waals surface area (Å²) in [6, 6.07) is 0. The zero-order valence-corrected chi connectivity index (χ0v) is 22.2. The smallest absolute Gasteiger partial charge is 0.157 e. The summed E-state index contributed by atoms with van der Waals surface area (Å²) in [5.74, 6) is 6.77. The second kappa shape index (κ2) is 22.8. The summed E-state index contributed by atoms with van der Waals surface area (Å²) in [4.78, 5) is 0. The van der Waals surface area contributed by atoms with E-state index in [2.05, 4.69) is 11.8 Å². The van der Waals surface area contributed by atoms with Crippen molar-refractivity contribution in [2.75, 3.05) is 26.4 Å². The Balaban J connectivity index is 1.20. The van der Waals surface area contributed by atoms with Crippen LogP contribution in [0, 0.1) is 11.8 Å². The van der Waals surface area contributed by atoms with Gasteiger partial charge in [-0.05, 0) is 64.2 Å². The van der Waals surface area contributed by atoms with Gasteiger partial charge in [0.15, 0.2) is 12.6 Å². The third-order valence-electron chi connectivity index (χ3n) is 6.90. The lowest BCUT2D eigenvalue weighted by Gasteiger charge is -2.22. The quantitative estimate of drug-likeness (QED) is 0.130. The minimum absolute atomic E-state index is 0.0811. The lowest BCUT2D eigenvalue weighted by atomic mass is 10.1. The molecule has 0 aromatic heterocycles. The first-order valence-electron chi connectivity index (χ1n) is 14.9. The molecule has 0 aromatic rings. The fraction of sp³-hybridized carbons (Fsp3) is 0.933. The molecule has 0 aromatic carbocycles. The zero-order chi connectivity index (χ0) is 23.8. The molecule has 2 fully saturated rings. The van der Waals surface area contributed by atoms with E-state index in [-0.39, 0.29) is 12.6 Å². The number of unbranched alkanes of at least 4 members (excludes halogenated alkanes) is 14. The van der Waals surface area contributed by atoms with E-state index < -0.39 is 0 Å². The molecule has 0 radical (unpaired) electrons. The predicted octanol–water partition coefficient (Wildman–Crippen LogP) is 8.32. The number of hydrogen-bond acceptors (Lipinski definition) is 4. The highest BCUT2D eigenvalue weighted by Crippen LogP contribution is 2.16. The normalized spacial score (nSPS) is 20.7. The van der Waals surface area contributed by atoms with Gasteiger partial charge in [-0.25, -0.2) is 0 Å². The molecule has 198 valence electrons. The van der Waals surface area contributed by atoms with Gasteiger partial charge in [-0.3, -0.25) is 0 Å². The van der Waals surface area contributed by atoms with E-state index in [0.29, 0.717) is 0 Å². The molecule has 0 spiro atoms. The molecule has 0 amide bonds. The molecule has 2 unspecified atom stereocenters. The maximum atomic E-state index is 5.79. The summed E-state index contributed by atoms with van der Waals surface area (Å²) in [5.41, 5.74) is 0. The number of ether oxygens (including phenoxy) is 4. The predicted molar refractivity (Wildman–Crippen MR) is 141 cm³/mol. The van der Waals surface area contributed by atoms with E-state index in [1.807, 2.05) is 0 Å². The van der Waals surface area contributed by atoms with Gasteiger partial charge in [-0.1, -0.05) is 64.2 Å². The summed E-state index contributed by atoms with van der Waals surface area (Å²) in [6.07, 6.45) is 27.6. The van der Waals surface area contributed by atoms with Crippen LogP contribution in [0.25, 0.3) is 0 Å². The van der Waals surface area contributed by atoms with E-state index in [0.717, 1.165) is 52.1 Å². The van der Waals surface area contributed by atoms with Gasteiger partial charge in [0.25, 0.3) is 0 Å². The molecule has 4 heteroatoms. The van der Waals surface area contributed by atoms with E-state index in [1.54, 1.807) is 0 Å². The van der Waals surface area contributed by atoms with Crippen LogP contribution in [0.1, 0.15) is 141 Å².